The van der Waals surface area contributed by atoms with Gasteiger partial charge < -0.3 is 5.11 Å². The van der Waals surface area contributed by atoms with Crippen LogP contribution in [-0.4, -0.2) is 16.7 Å². The van der Waals surface area contributed by atoms with Crippen LogP contribution in [0, 0.1) is 0 Å². The molecule has 0 radical (unpaired) electrons. The molecule has 0 saturated carbocycles. The lowest BCUT2D eigenvalue weighted by Gasteiger charge is -2.17. The van der Waals surface area contributed by atoms with E-state index in [0.717, 1.165) is 12.0 Å². The number of unbranched alkanes of at least 4 members (excludes halogenated alkanes) is 5. The lowest BCUT2D eigenvalue weighted by atomic mass is 9.85. The molecule has 1 aliphatic carbocycles. The maximum absolute atomic E-state index is 12.7. The minimum Gasteiger partial charge on any atom is -0.504 e. The molecule has 146 valence electrons. The maximum Gasteiger partial charge on any atom is 0.228 e. The number of Topliss-reactive ketones (excluding diaryl/α,β-unsaturated/α-hetero) is 2. The van der Waals surface area contributed by atoms with E-state index in [9.17, 15) is 14.7 Å². The van der Waals surface area contributed by atoms with Gasteiger partial charge in [0.05, 0.1) is 5.57 Å². The molecule has 0 aromatic heterocycles. The number of aliphatic hydroxyl groups excluding tert-OH is 1. The molecular weight excluding hydrogens is 348 g/mol. The van der Waals surface area contributed by atoms with Gasteiger partial charge in [0, 0.05) is 17.5 Å². The zero-order chi connectivity index (χ0) is 19.9. The number of hydrogen-bond donors (Lipinski definition) is 1. The van der Waals surface area contributed by atoms with Gasteiger partial charge in [-0.15, -0.1) is 0 Å². The number of carbonyl (C=O) groups is 2. The van der Waals surface area contributed by atoms with Crippen LogP contribution in [0.5, 0.6) is 0 Å². The fourth-order valence-electron chi connectivity index (χ4n) is 3.72. The van der Waals surface area contributed by atoms with Crippen molar-refractivity contribution in [3.63, 3.8) is 0 Å². The van der Waals surface area contributed by atoms with Crippen molar-refractivity contribution in [3.05, 3.63) is 82.1 Å². The first-order chi connectivity index (χ1) is 13.6. The van der Waals surface area contributed by atoms with Gasteiger partial charge in [-0.05, 0) is 24.0 Å². The second kappa shape index (κ2) is 9.50. The van der Waals surface area contributed by atoms with E-state index in [4.69, 9.17) is 0 Å². The summed E-state index contributed by atoms with van der Waals surface area (Å²) < 4.78 is 0. The largest absolute Gasteiger partial charge is 0.504 e. The SMILES string of the molecule is CCCCCCCCc1ccc(CC2=C(O)C(=O)c3ccccc3C2=O)cc1. The van der Waals surface area contributed by atoms with Gasteiger partial charge in [-0.2, -0.15) is 0 Å². The summed E-state index contributed by atoms with van der Waals surface area (Å²) in [6.45, 7) is 2.23. The van der Waals surface area contributed by atoms with Crippen molar-refractivity contribution < 1.29 is 14.7 Å². The van der Waals surface area contributed by atoms with Crippen molar-refractivity contribution in [2.45, 2.75) is 58.3 Å². The van der Waals surface area contributed by atoms with Crippen LogP contribution < -0.4 is 0 Å². The molecule has 3 rings (SSSR count). The van der Waals surface area contributed by atoms with Gasteiger partial charge in [0.15, 0.2) is 11.5 Å². The maximum atomic E-state index is 12.7. The molecule has 0 bridgehead atoms. The third kappa shape index (κ3) is 4.59. The van der Waals surface area contributed by atoms with Crippen molar-refractivity contribution in [2.75, 3.05) is 0 Å². The zero-order valence-electron chi connectivity index (χ0n) is 16.5. The molecule has 0 amide bonds. The summed E-state index contributed by atoms with van der Waals surface area (Å²) >= 11 is 0. The number of aryl methyl sites for hydroxylation is 1. The third-order valence-electron chi connectivity index (χ3n) is 5.41. The molecule has 3 nitrogen and oxygen atoms in total. The molecule has 1 N–H and O–H groups in total. The molecule has 0 spiro atoms. The Morgan fingerprint density at radius 2 is 1.29 bits per heavy atom. The molecule has 1 aliphatic rings. The van der Waals surface area contributed by atoms with Gasteiger partial charge in [0.1, 0.15) is 0 Å². The summed E-state index contributed by atoms with van der Waals surface area (Å²) in [6.07, 6.45) is 9.00. The van der Waals surface area contributed by atoms with Crippen LogP contribution in [0.1, 0.15) is 77.3 Å². The van der Waals surface area contributed by atoms with E-state index in [1.165, 1.54) is 44.1 Å². The Bertz CT molecular complexity index is 875. The Morgan fingerprint density at radius 1 is 0.714 bits per heavy atom. The predicted octanol–water partition coefficient (Wildman–Crippen LogP) is 6.02. The van der Waals surface area contributed by atoms with Crippen LogP contribution in [0.3, 0.4) is 0 Å². The summed E-state index contributed by atoms with van der Waals surface area (Å²) in [7, 11) is 0. The lowest BCUT2D eigenvalue weighted by molar-refractivity contribution is 0.0927. The van der Waals surface area contributed by atoms with Crippen molar-refractivity contribution in [1.82, 2.24) is 0 Å². The Hall–Kier alpha value is -2.68. The molecule has 0 unspecified atom stereocenters. The highest BCUT2D eigenvalue weighted by Gasteiger charge is 2.31. The topological polar surface area (TPSA) is 54.4 Å². The van der Waals surface area contributed by atoms with E-state index in [-0.39, 0.29) is 23.3 Å². The van der Waals surface area contributed by atoms with Gasteiger partial charge >= 0.3 is 0 Å². The van der Waals surface area contributed by atoms with Gasteiger partial charge in [-0.1, -0.05) is 87.6 Å². The number of hydrogen-bond acceptors (Lipinski definition) is 3. The molecule has 3 heteroatoms. The highest BCUT2D eigenvalue weighted by molar-refractivity contribution is 6.26. The third-order valence-corrected chi connectivity index (χ3v) is 5.41. The number of carbonyl (C=O) groups excluding carboxylic acids is 2. The highest BCUT2D eigenvalue weighted by atomic mass is 16.3. The quantitative estimate of drug-likeness (QED) is 0.544. The minimum atomic E-state index is -0.468. The van der Waals surface area contributed by atoms with E-state index < -0.39 is 11.5 Å². The molecule has 0 aliphatic heterocycles. The van der Waals surface area contributed by atoms with Gasteiger partial charge in [-0.3, -0.25) is 9.59 Å². The second-order valence-electron chi connectivity index (χ2n) is 7.54. The average Bonchev–Trinajstić information content (AvgIpc) is 2.73. The standard InChI is InChI=1S/C25H28O3/c1-2-3-4-5-6-7-10-18-13-15-19(16-14-18)17-22-23(26)20-11-8-9-12-21(20)24(27)25(22)28/h8-9,11-16,28H,2-7,10,17H2,1H3. The van der Waals surface area contributed by atoms with Gasteiger partial charge in [0.2, 0.25) is 5.78 Å². The number of benzene rings is 2. The fourth-order valence-corrected chi connectivity index (χ4v) is 3.72. The molecule has 28 heavy (non-hydrogen) atoms. The highest BCUT2D eigenvalue weighted by Crippen LogP contribution is 2.27. The second-order valence-corrected chi connectivity index (χ2v) is 7.54. The smallest absolute Gasteiger partial charge is 0.228 e. The van der Waals surface area contributed by atoms with E-state index in [2.05, 4.69) is 19.1 Å². The number of ketones is 2. The van der Waals surface area contributed by atoms with E-state index in [1.54, 1.807) is 24.3 Å². The number of fused-ring (bicyclic) bond motifs is 1. The van der Waals surface area contributed by atoms with E-state index in [1.807, 2.05) is 12.1 Å². The van der Waals surface area contributed by atoms with Crippen molar-refractivity contribution in [3.8, 4) is 0 Å². The summed E-state index contributed by atoms with van der Waals surface area (Å²) in [5.41, 5.74) is 3.05. The van der Waals surface area contributed by atoms with Gasteiger partial charge in [-0.25, -0.2) is 0 Å². The van der Waals surface area contributed by atoms with Gasteiger partial charge in [0.25, 0.3) is 0 Å². The van der Waals surface area contributed by atoms with Crippen molar-refractivity contribution >= 4 is 11.6 Å². The Labute approximate surface area is 167 Å². The predicted molar refractivity (Wildman–Crippen MR) is 112 cm³/mol. The molecular formula is C25H28O3. The lowest BCUT2D eigenvalue weighted by Crippen LogP contribution is -2.23. The van der Waals surface area contributed by atoms with Crippen molar-refractivity contribution in [1.29, 1.82) is 0 Å². The number of allylic oxidation sites excluding steroid dienone is 2. The van der Waals surface area contributed by atoms with Crippen LogP contribution in [0.4, 0.5) is 0 Å². The molecule has 0 heterocycles. The normalized spacial score (nSPS) is 13.8. The molecule has 0 fully saturated rings. The first-order valence-corrected chi connectivity index (χ1v) is 10.3. The molecule has 2 aromatic rings. The van der Waals surface area contributed by atoms with E-state index >= 15 is 0 Å². The number of aliphatic hydroxyl groups is 1. The van der Waals surface area contributed by atoms with Crippen LogP contribution in [-0.2, 0) is 12.8 Å². The summed E-state index contributed by atoms with van der Waals surface area (Å²) in [5.74, 6) is -1.14. The average molecular weight is 376 g/mol. The minimum absolute atomic E-state index is 0.187. The summed E-state index contributed by atoms with van der Waals surface area (Å²) in [6, 6.07) is 14.8. The molecule has 2 aromatic carbocycles. The molecule has 0 saturated heterocycles. The van der Waals surface area contributed by atoms with Crippen molar-refractivity contribution in [2.24, 2.45) is 0 Å². The first-order valence-electron chi connectivity index (χ1n) is 10.3. The fraction of sp³-hybridized carbons (Fsp3) is 0.360. The van der Waals surface area contributed by atoms with E-state index in [0.29, 0.717) is 5.56 Å². The van der Waals surface area contributed by atoms with Crippen LogP contribution >= 0.6 is 0 Å². The van der Waals surface area contributed by atoms with Crippen LogP contribution in [0.25, 0.3) is 0 Å². The monoisotopic (exact) mass is 376 g/mol. The summed E-state index contributed by atoms with van der Waals surface area (Å²) in [5, 5.41) is 10.3. The Morgan fingerprint density at radius 3 is 1.96 bits per heavy atom. The first kappa shape index (κ1) is 20.1. The van der Waals surface area contributed by atoms with Crippen LogP contribution in [0.2, 0.25) is 0 Å². The number of rotatable bonds is 9. The Kier molecular flexibility index (Phi) is 6.80. The zero-order valence-corrected chi connectivity index (χ0v) is 16.5. The Balaban J connectivity index is 1.62. The summed E-state index contributed by atoms with van der Waals surface area (Å²) in [4.78, 5) is 25.1. The molecule has 0 atom stereocenters. The van der Waals surface area contributed by atoms with Crippen LogP contribution in [0.15, 0.2) is 59.9 Å².